The Balaban J connectivity index is 0.000000386. The van der Waals surface area contributed by atoms with Gasteiger partial charge in [0.05, 0.1) is 5.34 Å². The monoisotopic (exact) mass is 264 g/mol. The first-order chi connectivity index (χ1) is 7.86. The Hall–Kier alpha value is 0.580. The Morgan fingerprint density at radius 1 is 0.625 bits per heavy atom. The first kappa shape index (κ1) is 14.6. The molecule has 0 atom stereocenters. The van der Waals surface area contributed by atoms with Gasteiger partial charge in [-0.25, -0.2) is 0 Å². The van der Waals surface area contributed by atoms with Crippen LogP contribution in [0.3, 0.4) is 0 Å². The summed E-state index contributed by atoms with van der Waals surface area (Å²) >= 11 is 9.53. The molecule has 2 fully saturated rings. The number of halogens is 2. The molecule has 0 aliphatic heterocycles. The zero-order valence-corrected chi connectivity index (χ0v) is 11.9. The van der Waals surface area contributed by atoms with Gasteiger partial charge in [-0.2, -0.15) is 0 Å². The van der Waals surface area contributed by atoms with Crippen LogP contribution < -0.4 is 0 Å². The largest absolute Gasteiger partial charge is 0.109 e. The van der Waals surface area contributed by atoms with Gasteiger partial charge in [-0.15, -0.1) is 23.2 Å². The lowest BCUT2D eigenvalue weighted by Crippen LogP contribution is -2.14. The summed E-state index contributed by atoms with van der Waals surface area (Å²) in [7, 11) is 0. The van der Waals surface area contributed by atoms with Crippen LogP contribution in [0.25, 0.3) is 0 Å². The second-order valence-electron chi connectivity index (χ2n) is 5.34. The van der Waals surface area contributed by atoms with Gasteiger partial charge < -0.3 is 0 Å². The quantitative estimate of drug-likeness (QED) is 0.540. The average molecular weight is 265 g/mol. The van der Waals surface area contributed by atoms with Gasteiger partial charge in [-0.05, 0) is 18.3 Å². The maximum absolute atomic E-state index is 4.76. The molecule has 0 amide bonds. The van der Waals surface area contributed by atoms with E-state index in [4.69, 9.17) is 23.2 Å². The number of hydrogen-bond acceptors (Lipinski definition) is 0. The summed E-state index contributed by atoms with van der Waals surface area (Å²) in [5, 5.41) is 0.194. The second-order valence-corrected chi connectivity index (χ2v) is 6.15. The molecule has 0 bridgehead atoms. The maximum atomic E-state index is 4.76. The van der Waals surface area contributed by atoms with Gasteiger partial charge in [0, 0.05) is 0 Å². The van der Waals surface area contributed by atoms with Crippen molar-refractivity contribution in [3.05, 3.63) is 0 Å². The van der Waals surface area contributed by atoms with Gasteiger partial charge >= 0.3 is 0 Å². The summed E-state index contributed by atoms with van der Waals surface area (Å²) < 4.78 is 0. The smallest absolute Gasteiger partial charge is 0.0967 e. The Bertz CT molecular complexity index is 131. The molecule has 0 aromatic carbocycles. The van der Waals surface area contributed by atoms with Crippen molar-refractivity contribution in [1.82, 2.24) is 0 Å². The van der Waals surface area contributed by atoms with Crippen molar-refractivity contribution in [3.63, 3.8) is 0 Å². The van der Waals surface area contributed by atoms with Crippen LogP contribution in [0.15, 0.2) is 0 Å². The molecule has 0 N–H and O–H groups in total. The van der Waals surface area contributed by atoms with Gasteiger partial charge in [0.1, 0.15) is 0 Å². The van der Waals surface area contributed by atoms with E-state index in [1.54, 1.807) is 32.1 Å². The lowest BCUT2D eigenvalue weighted by Gasteiger charge is -2.28. The van der Waals surface area contributed by atoms with Crippen molar-refractivity contribution >= 4 is 23.2 Å². The van der Waals surface area contributed by atoms with Gasteiger partial charge in [-0.1, -0.05) is 64.2 Å². The highest BCUT2D eigenvalue weighted by Gasteiger charge is 2.20. The van der Waals surface area contributed by atoms with E-state index >= 15 is 0 Å². The van der Waals surface area contributed by atoms with Crippen LogP contribution in [0.2, 0.25) is 0 Å². The van der Waals surface area contributed by atoms with Gasteiger partial charge in [-0.3, -0.25) is 0 Å². The van der Waals surface area contributed by atoms with Crippen molar-refractivity contribution in [3.8, 4) is 0 Å². The Kier molecular flexibility index (Phi) is 8.78. The molecule has 0 radical (unpaired) electrons. The average Bonchev–Trinajstić information content (AvgIpc) is 2.33. The van der Waals surface area contributed by atoms with E-state index in [9.17, 15) is 0 Å². The SMILES string of the molecule is C1CCC(CC2CCCCC2)CC1.ClCCl. The minimum absolute atomic E-state index is 0.194. The molecular formula is C14H26Cl2. The van der Waals surface area contributed by atoms with Crippen molar-refractivity contribution in [2.45, 2.75) is 70.6 Å². The molecule has 0 heterocycles. The topological polar surface area (TPSA) is 0 Å². The van der Waals surface area contributed by atoms with E-state index < -0.39 is 0 Å². The van der Waals surface area contributed by atoms with Crippen LogP contribution in [0.1, 0.15) is 70.6 Å². The van der Waals surface area contributed by atoms with E-state index in [1.165, 1.54) is 38.5 Å². The van der Waals surface area contributed by atoms with Crippen LogP contribution in [-0.4, -0.2) is 5.34 Å². The molecule has 2 heteroatoms. The Morgan fingerprint density at radius 3 is 1.25 bits per heavy atom. The number of rotatable bonds is 2. The standard InChI is InChI=1S/C13H24.CH2Cl2/c1-3-7-12(8-4-1)11-13-9-5-2-6-10-13;2-1-3/h12-13H,1-11H2;1H2. The zero-order chi connectivity index (χ0) is 11.6. The zero-order valence-electron chi connectivity index (χ0n) is 10.4. The van der Waals surface area contributed by atoms with Crippen molar-refractivity contribution in [1.29, 1.82) is 0 Å². The minimum Gasteiger partial charge on any atom is -0.109 e. The fraction of sp³-hybridized carbons (Fsp3) is 1.00. The van der Waals surface area contributed by atoms with E-state index in [-0.39, 0.29) is 5.34 Å². The molecule has 0 nitrogen and oxygen atoms in total. The predicted molar refractivity (Wildman–Crippen MR) is 74.3 cm³/mol. The molecule has 2 rings (SSSR count). The van der Waals surface area contributed by atoms with Gasteiger partial charge in [0.15, 0.2) is 0 Å². The summed E-state index contributed by atoms with van der Waals surface area (Å²) in [5.41, 5.74) is 0. The molecule has 2 aliphatic carbocycles. The first-order valence-electron chi connectivity index (χ1n) is 6.98. The highest BCUT2D eigenvalue weighted by molar-refractivity contribution is 6.40. The molecule has 2 aliphatic rings. The van der Waals surface area contributed by atoms with Crippen LogP contribution in [0.4, 0.5) is 0 Å². The van der Waals surface area contributed by atoms with E-state index in [1.807, 2.05) is 0 Å². The predicted octanol–water partition coefficient (Wildman–Crippen LogP) is 5.96. The van der Waals surface area contributed by atoms with Crippen LogP contribution >= 0.6 is 23.2 Å². The molecule has 16 heavy (non-hydrogen) atoms. The molecule has 96 valence electrons. The van der Waals surface area contributed by atoms with Crippen molar-refractivity contribution < 1.29 is 0 Å². The normalized spacial score (nSPS) is 23.6. The minimum atomic E-state index is 0.194. The van der Waals surface area contributed by atoms with E-state index in [0.717, 1.165) is 11.8 Å². The molecule has 0 aromatic heterocycles. The van der Waals surface area contributed by atoms with Gasteiger partial charge in [0.25, 0.3) is 0 Å². The van der Waals surface area contributed by atoms with Crippen molar-refractivity contribution in [2.24, 2.45) is 11.8 Å². The Labute approximate surface area is 111 Å². The molecule has 0 spiro atoms. The summed E-state index contributed by atoms with van der Waals surface area (Å²) in [4.78, 5) is 0. The van der Waals surface area contributed by atoms with Crippen LogP contribution in [0, 0.1) is 11.8 Å². The van der Waals surface area contributed by atoms with Crippen LogP contribution in [-0.2, 0) is 0 Å². The highest BCUT2D eigenvalue weighted by atomic mass is 35.5. The highest BCUT2D eigenvalue weighted by Crippen LogP contribution is 2.34. The third kappa shape index (κ3) is 6.35. The fourth-order valence-corrected chi connectivity index (χ4v) is 3.32. The lowest BCUT2D eigenvalue weighted by molar-refractivity contribution is 0.244. The molecule has 2 saturated carbocycles. The summed E-state index contributed by atoms with van der Waals surface area (Å²) in [6, 6.07) is 0. The molecule has 0 unspecified atom stereocenters. The lowest BCUT2D eigenvalue weighted by atomic mass is 9.78. The third-order valence-corrected chi connectivity index (χ3v) is 4.12. The first-order valence-corrected chi connectivity index (χ1v) is 8.05. The summed E-state index contributed by atoms with van der Waals surface area (Å²) in [6.45, 7) is 0. The van der Waals surface area contributed by atoms with Gasteiger partial charge in [0.2, 0.25) is 0 Å². The third-order valence-electron chi connectivity index (χ3n) is 4.12. The van der Waals surface area contributed by atoms with E-state index in [2.05, 4.69) is 0 Å². The molecule has 0 saturated heterocycles. The number of hydrogen-bond donors (Lipinski definition) is 0. The Morgan fingerprint density at radius 2 is 0.938 bits per heavy atom. The molecule has 0 aromatic rings. The molecular weight excluding hydrogens is 239 g/mol. The second kappa shape index (κ2) is 9.59. The van der Waals surface area contributed by atoms with Crippen LogP contribution in [0.5, 0.6) is 0 Å². The maximum Gasteiger partial charge on any atom is 0.0967 e. The summed E-state index contributed by atoms with van der Waals surface area (Å²) in [5.74, 6) is 2.24. The fourth-order valence-electron chi connectivity index (χ4n) is 3.32. The van der Waals surface area contributed by atoms with E-state index in [0.29, 0.717) is 0 Å². The van der Waals surface area contributed by atoms with Crippen molar-refractivity contribution in [2.75, 3.05) is 5.34 Å². The summed E-state index contributed by atoms with van der Waals surface area (Å²) in [6.07, 6.45) is 16.9. The number of alkyl halides is 2.